The standard InChI is InChI=1S/C18H16FN3O2S2/c1-11(23)12-7-8-16(24-2)13(9-12)10-25-18-22-21-17(26-18)20-15-6-4-3-5-14(15)19/h3-9H,10H2,1-2H3,(H,20,21). The first-order valence-corrected chi connectivity index (χ1v) is 9.52. The van der Waals surface area contributed by atoms with Crippen molar-refractivity contribution in [2.24, 2.45) is 0 Å². The van der Waals surface area contributed by atoms with Crippen molar-refractivity contribution in [2.75, 3.05) is 12.4 Å². The van der Waals surface area contributed by atoms with E-state index in [2.05, 4.69) is 15.5 Å². The van der Waals surface area contributed by atoms with Crippen LogP contribution in [0.25, 0.3) is 0 Å². The lowest BCUT2D eigenvalue weighted by molar-refractivity contribution is 0.101. The van der Waals surface area contributed by atoms with E-state index in [0.29, 0.717) is 22.1 Å². The minimum Gasteiger partial charge on any atom is -0.496 e. The van der Waals surface area contributed by atoms with Crippen molar-refractivity contribution in [3.63, 3.8) is 0 Å². The first kappa shape index (κ1) is 18.3. The zero-order chi connectivity index (χ0) is 18.5. The molecule has 0 saturated heterocycles. The molecule has 8 heteroatoms. The SMILES string of the molecule is COc1ccc(C(C)=O)cc1CSc1nnc(Nc2ccccc2F)s1. The fourth-order valence-corrected chi connectivity index (χ4v) is 3.99. The van der Waals surface area contributed by atoms with Crippen molar-refractivity contribution in [1.82, 2.24) is 10.2 Å². The fraction of sp³-hybridized carbons (Fsp3) is 0.167. The predicted octanol–water partition coefficient (Wildman–Crippen LogP) is 4.92. The topological polar surface area (TPSA) is 64.1 Å². The number of hydrogen-bond donors (Lipinski definition) is 1. The van der Waals surface area contributed by atoms with Crippen LogP contribution in [0.5, 0.6) is 5.75 Å². The van der Waals surface area contributed by atoms with Crippen LogP contribution in [0, 0.1) is 5.82 Å². The maximum Gasteiger partial charge on any atom is 0.210 e. The Kier molecular flexibility index (Phi) is 5.85. The van der Waals surface area contributed by atoms with Gasteiger partial charge >= 0.3 is 0 Å². The van der Waals surface area contributed by atoms with Gasteiger partial charge in [-0.15, -0.1) is 10.2 Å². The summed E-state index contributed by atoms with van der Waals surface area (Å²) in [5.41, 5.74) is 1.90. The van der Waals surface area contributed by atoms with E-state index >= 15 is 0 Å². The quantitative estimate of drug-likeness (QED) is 0.457. The number of carbonyl (C=O) groups is 1. The Labute approximate surface area is 158 Å². The number of Topliss-reactive ketones (excluding diaryl/α,β-unsaturated/α-hetero) is 1. The fourth-order valence-electron chi connectivity index (χ4n) is 2.25. The van der Waals surface area contributed by atoms with Crippen LogP contribution in [0.1, 0.15) is 22.8 Å². The molecule has 0 aliphatic heterocycles. The predicted molar refractivity (Wildman–Crippen MR) is 102 cm³/mol. The number of anilines is 2. The van der Waals surface area contributed by atoms with Crippen LogP contribution < -0.4 is 10.1 Å². The van der Waals surface area contributed by atoms with Crippen molar-refractivity contribution in [3.05, 3.63) is 59.4 Å². The van der Waals surface area contributed by atoms with E-state index < -0.39 is 0 Å². The molecular weight excluding hydrogens is 373 g/mol. The average Bonchev–Trinajstić information content (AvgIpc) is 3.09. The monoisotopic (exact) mass is 389 g/mol. The maximum absolute atomic E-state index is 13.7. The summed E-state index contributed by atoms with van der Waals surface area (Å²) in [6.07, 6.45) is 0. The van der Waals surface area contributed by atoms with Gasteiger partial charge in [0, 0.05) is 16.9 Å². The molecule has 0 amide bonds. The molecule has 0 saturated carbocycles. The molecule has 0 radical (unpaired) electrons. The van der Waals surface area contributed by atoms with E-state index in [4.69, 9.17) is 4.74 Å². The molecule has 3 aromatic rings. The van der Waals surface area contributed by atoms with E-state index in [0.717, 1.165) is 15.7 Å². The van der Waals surface area contributed by atoms with Crippen molar-refractivity contribution >= 4 is 39.7 Å². The Morgan fingerprint density at radius 1 is 1.27 bits per heavy atom. The summed E-state index contributed by atoms with van der Waals surface area (Å²) >= 11 is 2.81. The number of nitrogens with zero attached hydrogens (tertiary/aromatic N) is 2. The first-order chi connectivity index (χ1) is 12.6. The van der Waals surface area contributed by atoms with Gasteiger partial charge in [0.05, 0.1) is 12.8 Å². The Bertz CT molecular complexity index is 930. The number of thioether (sulfide) groups is 1. The second-order valence-electron chi connectivity index (χ2n) is 5.35. The molecule has 2 aromatic carbocycles. The Morgan fingerprint density at radius 3 is 2.81 bits per heavy atom. The highest BCUT2D eigenvalue weighted by molar-refractivity contribution is 8.00. The molecule has 134 valence electrons. The molecular formula is C18H16FN3O2S2. The Balaban J connectivity index is 1.69. The van der Waals surface area contributed by atoms with Gasteiger partial charge in [0.2, 0.25) is 5.13 Å². The number of ether oxygens (including phenoxy) is 1. The second-order valence-corrected chi connectivity index (χ2v) is 7.55. The molecule has 0 aliphatic rings. The number of nitrogens with one attached hydrogen (secondary N) is 1. The molecule has 1 heterocycles. The van der Waals surface area contributed by atoms with Crippen molar-refractivity contribution in [1.29, 1.82) is 0 Å². The van der Waals surface area contributed by atoms with Gasteiger partial charge in [-0.25, -0.2) is 4.39 Å². The van der Waals surface area contributed by atoms with Gasteiger partial charge in [-0.2, -0.15) is 0 Å². The highest BCUT2D eigenvalue weighted by atomic mass is 32.2. The second kappa shape index (κ2) is 8.29. The minimum absolute atomic E-state index is 0.00573. The molecule has 1 aromatic heterocycles. The Hall–Kier alpha value is -2.45. The lowest BCUT2D eigenvalue weighted by Crippen LogP contribution is -1.96. The van der Waals surface area contributed by atoms with Crippen LogP contribution in [0.15, 0.2) is 46.8 Å². The summed E-state index contributed by atoms with van der Waals surface area (Å²) in [4.78, 5) is 11.6. The van der Waals surface area contributed by atoms with Crippen LogP contribution in [0.4, 0.5) is 15.2 Å². The molecule has 0 spiro atoms. The van der Waals surface area contributed by atoms with Crippen molar-refractivity contribution in [2.45, 2.75) is 17.0 Å². The number of para-hydroxylation sites is 1. The number of halogens is 1. The number of ketones is 1. The van der Waals surface area contributed by atoms with Crippen molar-refractivity contribution < 1.29 is 13.9 Å². The molecule has 0 unspecified atom stereocenters. The molecule has 0 aliphatic carbocycles. The summed E-state index contributed by atoms with van der Waals surface area (Å²) < 4.78 is 19.8. The number of methoxy groups -OCH3 is 1. The Morgan fingerprint density at radius 2 is 2.08 bits per heavy atom. The third-order valence-electron chi connectivity index (χ3n) is 3.56. The van der Waals surface area contributed by atoms with Crippen LogP contribution in [0.3, 0.4) is 0 Å². The normalized spacial score (nSPS) is 10.6. The van der Waals surface area contributed by atoms with Crippen LogP contribution in [-0.2, 0) is 5.75 Å². The van der Waals surface area contributed by atoms with E-state index in [1.54, 1.807) is 37.4 Å². The first-order valence-electron chi connectivity index (χ1n) is 7.72. The molecule has 0 bridgehead atoms. The van der Waals surface area contributed by atoms with Crippen molar-refractivity contribution in [3.8, 4) is 5.75 Å². The van der Waals surface area contributed by atoms with Gasteiger partial charge < -0.3 is 10.1 Å². The van der Waals surface area contributed by atoms with Gasteiger partial charge in [0.25, 0.3) is 0 Å². The molecule has 1 N–H and O–H groups in total. The van der Waals surface area contributed by atoms with Gasteiger partial charge in [-0.05, 0) is 37.3 Å². The number of rotatable bonds is 7. The van der Waals surface area contributed by atoms with Gasteiger partial charge in [0.15, 0.2) is 10.1 Å². The van der Waals surface area contributed by atoms with Gasteiger partial charge in [-0.3, -0.25) is 4.79 Å². The van der Waals surface area contributed by atoms with Crippen LogP contribution in [-0.4, -0.2) is 23.1 Å². The number of benzene rings is 2. The summed E-state index contributed by atoms with van der Waals surface area (Å²) in [5.74, 6) is 0.962. The lowest BCUT2D eigenvalue weighted by atomic mass is 10.1. The largest absolute Gasteiger partial charge is 0.496 e. The lowest BCUT2D eigenvalue weighted by Gasteiger charge is -2.08. The van der Waals surface area contributed by atoms with Crippen LogP contribution in [0.2, 0.25) is 0 Å². The van der Waals surface area contributed by atoms with E-state index in [-0.39, 0.29) is 11.6 Å². The highest BCUT2D eigenvalue weighted by Crippen LogP contribution is 2.33. The molecule has 5 nitrogen and oxygen atoms in total. The summed E-state index contributed by atoms with van der Waals surface area (Å²) in [5, 5.41) is 11.6. The third-order valence-corrected chi connectivity index (χ3v) is 5.58. The van der Waals surface area contributed by atoms with E-state index in [9.17, 15) is 9.18 Å². The number of aromatic nitrogens is 2. The molecule has 0 fully saturated rings. The summed E-state index contributed by atoms with van der Waals surface area (Å²) in [7, 11) is 1.60. The van der Waals surface area contributed by atoms with Crippen LogP contribution >= 0.6 is 23.1 Å². The molecule has 3 rings (SSSR count). The zero-order valence-corrected chi connectivity index (χ0v) is 15.8. The number of hydrogen-bond acceptors (Lipinski definition) is 7. The van der Waals surface area contributed by atoms with Gasteiger partial charge in [0.1, 0.15) is 11.6 Å². The zero-order valence-electron chi connectivity index (χ0n) is 14.2. The molecule has 0 atom stereocenters. The van der Waals surface area contributed by atoms with Gasteiger partial charge in [-0.1, -0.05) is 35.2 Å². The maximum atomic E-state index is 13.7. The number of carbonyl (C=O) groups excluding carboxylic acids is 1. The smallest absolute Gasteiger partial charge is 0.210 e. The summed E-state index contributed by atoms with van der Waals surface area (Å²) in [6.45, 7) is 1.53. The van der Waals surface area contributed by atoms with E-state index in [1.165, 1.54) is 36.1 Å². The van der Waals surface area contributed by atoms with E-state index in [1.807, 2.05) is 6.07 Å². The highest BCUT2D eigenvalue weighted by Gasteiger charge is 2.11. The summed E-state index contributed by atoms with van der Waals surface area (Å²) in [6, 6.07) is 11.8. The minimum atomic E-state index is -0.345. The molecule has 26 heavy (non-hydrogen) atoms. The average molecular weight is 389 g/mol. The third kappa shape index (κ3) is 4.39.